The van der Waals surface area contributed by atoms with Gasteiger partial charge in [0.15, 0.2) is 9.84 Å². The summed E-state index contributed by atoms with van der Waals surface area (Å²) in [6, 6.07) is 2.24. The fraction of sp³-hybridized carbons (Fsp3) is 0.400. The van der Waals surface area contributed by atoms with Gasteiger partial charge in [-0.3, -0.25) is 0 Å². The van der Waals surface area contributed by atoms with Crippen LogP contribution in [0.4, 0.5) is 18.9 Å². The van der Waals surface area contributed by atoms with E-state index in [9.17, 15) is 21.6 Å². The third kappa shape index (κ3) is 2.24. The second-order valence-electron chi connectivity index (χ2n) is 4.04. The molecule has 0 bridgehead atoms. The maximum absolute atomic E-state index is 12.5. The van der Waals surface area contributed by atoms with Gasteiger partial charge in [0.1, 0.15) is 0 Å². The van der Waals surface area contributed by atoms with Gasteiger partial charge in [-0.15, -0.1) is 0 Å². The zero-order valence-corrected chi connectivity index (χ0v) is 9.69. The van der Waals surface area contributed by atoms with Gasteiger partial charge in [-0.2, -0.15) is 13.2 Å². The van der Waals surface area contributed by atoms with E-state index in [1.807, 2.05) is 0 Å². The molecule has 7 heteroatoms. The van der Waals surface area contributed by atoms with Crippen LogP contribution in [0.1, 0.15) is 12.5 Å². The first kappa shape index (κ1) is 12.2. The first-order valence-electron chi connectivity index (χ1n) is 4.91. The second-order valence-corrected chi connectivity index (χ2v) is 6.04. The number of sulfone groups is 1. The van der Waals surface area contributed by atoms with Gasteiger partial charge in [-0.05, 0) is 25.1 Å². The number of anilines is 1. The van der Waals surface area contributed by atoms with Gasteiger partial charge in [-0.1, -0.05) is 0 Å². The van der Waals surface area contributed by atoms with Crippen molar-refractivity contribution < 1.29 is 21.6 Å². The Morgan fingerprint density at radius 2 is 2.00 bits per heavy atom. The Hall–Kier alpha value is -1.24. The monoisotopic (exact) mass is 265 g/mol. The molecule has 17 heavy (non-hydrogen) atoms. The fourth-order valence-electron chi connectivity index (χ4n) is 1.82. The molecule has 0 aromatic heterocycles. The summed E-state index contributed by atoms with van der Waals surface area (Å²) in [7, 11) is -3.48. The molecule has 1 N–H and O–H groups in total. The molecule has 0 aliphatic carbocycles. The van der Waals surface area contributed by atoms with Gasteiger partial charge < -0.3 is 5.32 Å². The predicted octanol–water partition coefficient (Wildman–Crippen LogP) is 2.29. The maximum Gasteiger partial charge on any atom is 0.416 e. The van der Waals surface area contributed by atoms with E-state index in [1.54, 1.807) is 6.92 Å². The van der Waals surface area contributed by atoms with E-state index < -0.39 is 27.6 Å². The lowest BCUT2D eigenvalue weighted by Crippen LogP contribution is -2.31. The molecule has 0 fully saturated rings. The van der Waals surface area contributed by atoms with Gasteiger partial charge >= 0.3 is 6.18 Å². The molecule has 0 amide bonds. The van der Waals surface area contributed by atoms with Crippen LogP contribution in [0.3, 0.4) is 0 Å². The van der Waals surface area contributed by atoms with Crippen molar-refractivity contribution in [3.05, 3.63) is 23.8 Å². The van der Waals surface area contributed by atoms with E-state index >= 15 is 0 Å². The van der Waals surface area contributed by atoms with Gasteiger partial charge in [0, 0.05) is 6.04 Å². The summed E-state index contributed by atoms with van der Waals surface area (Å²) in [4.78, 5) is -0.0661. The number of alkyl halides is 3. The first-order valence-corrected chi connectivity index (χ1v) is 6.56. The molecule has 2 rings (SSSR count). The van der Waals surface area contributed by atoms with Crippen molar-refractivity contribution in [3.8, 4) is 0 Å². The molecule has 1 heterocycles. The van der Waals surface area contributed by atoms with Crippen LogP contribution in [-0.2, 0) is 16.0 Å². The molecule has 0 spiro atoms. The van der Waals surface area contributed by atoms with Crippen LogP contribution in [0.2, 0.25) is 0 Å². The Bertz CT molecular complexity index is 551. The number of rotatable bonds is 0. The standard InChI is InChI=1S/C10H10F3NO2S/c1-6-5-17(15,16)9-3-2-7(10(11,12)13)4-8(9)14-6/h2-4,6,14H,5H2,1H3. The van der Waals surface area contributed by atoms with Crippen LogP contribution in [-0.4, -0.2) is 20.2 Å². The average Bonchev–Trinajstić information content (AvgIpc) is 2.13. The van der Waals surface area contributed by atoms with Crippen molar-refractivity contribution in [3.63, 3.8) is 0 Å². The smallest absolute Gasteiger partial charge is 0.380 e. The SMILES string of the molecule is CC1CS(=O)(=O)c2ccc(C(F)(F)F)cc2N1. The third-order valence-electron chi connectivity index (χ3n) is 2.51. The van der Waals surface area contributed by atoms with E-state index in [4.69, 9.17) is 0 Å². The Balaban J connectivity index is 2.57. The maximum atomic E-state index is 12.5. The van der Waals surface area contributed by atoms with Crippen LogP contribution in [0, 0.1) is 0 Å². The normalized spacial score (nSPS) is 22.7. The van der Waals surface area contributed by atoms with E-state index in [-0.39, 0.29) is 16.3 Å². The molecule has 0 radical (unpaired) electrons. The quantitative estimate of drug-likeness (QED) is 0.783. The highest BCUT2D eigenvalue weighted by atomic mass is 32.2. The summed E-state index contributed by atoms with van der Waals surface area (Å²) in [5.74, 6) is -0.106. The molecule has 1 aromatic carbocycles. The van der Waals surface area contributed by atoms with Crippen molar-refractivity contribution in [1.29, 1.82) is 0 Å². The molecule has 1 atom stereocenters. The Kier molecular flexibility index (Phi) is 2.61. The van der Waals surface area contributed by atoms with Crippen molar-refractivity contribution in [2.75, 3.05) is 11.1 Å². The molecule has 1 aliphatic rings. The molecule has 1 aromatic rings. The molecule has 0 saturated carbocycles. The van der Waals surface area contributed by atoms with E-state index in [1.165, 1.54) is 0 Å². The third-order valence-corrected chi connectivity index (χ3v) is 4.48. The highest BCUT2D eigenvalue weighted by Crippen LogP contribution is 2.35. The molecule has 1 aliphatic heterocycles. The lowest BCUT2D eigenvalue weighted by atomic mass is 10.2. The van der Waals surface area contributed by atoms with Crippen molar-refractivity contribution in [2.45, 2.75) is 24.0 Å². The summed E-state index contributed by atoms with van der Waals surface area (Å²) in [5.41, 5.74) is -0.827. The number of fused-ring (bicyclic) bond motifs is 1. The minimum atomic E-state index is -4.47. The molecule has 1 unspecified atom stereocenters. The van der Waals surface area contributed by atoms with Crippen LogP contribution in [0.5, 0.6) is 0 Å². The highest BCUT2D eigenvalue weighted by molar-refractivity contribution is 7.91. The number of hydrogen-bond donors (Lipinski definition) is 1. The first-order chi connectivity index (χ1) is 7.70. The van der Waals surface area contributed by atoms with Crippen molar-refractivity contribution >= 4 is 15.5 Å². The van der Waals surface area contributed by atoms with E-state index in [0.717, 1.165) is 18.2 Å². The topological polar surface area (TPSA) is 46.2 Å². The van der Waals surface area contributed by atoms with Crippen molar-refractivity contribution in [2.24, 2.45) is 0 Å². The lowest BCUT2D eigenvalue weighted by molar-refractivity contribution is -0.137. The molecular formula is C10H10F3NO2S. The van der Waals surface area contributed by atoms with E-state index in [0.29, 0.717) is 0 Å². The Labute approximate surface area is 96.6 Å². The summed E-state index contributed by atoms with van der Waals surface area (Å²) in [6.07, 6.45) is -4.47. The summed E-state index contributed by atoms with van der Waals surface area (Å²) < 4.78 is 60.9. The van der Waals surface area contributed by atoms with Crippen LogP contribution >= 0.6 is 0 Å². The molecule has 94 valence electrons. The second kappa shape index (κ2) is 3.63. The summed E-state index contributed by atoms with van der Waals surface area (Å²) in [5, 5.41) is 2.75. The molecular weight excluding hydrogens is 255 g/mol. The average molecular weight is 265 g/mol. The van der Waals surface area contributed by atoms with Gasteiger partial charge in [0.25, 0.3) is 0 Å². The van der Waals surface area contributed by atoms with Crippen LogP contribution in [0.15, 0.2) is 23.1 Å². The van der Waals surface area contributed by atoms with Crippen LogP contribution in [0.25, 0.3) is 0 Å². The number of nitrogens with one attached hydrogen (secondary N) is 1. The number of hydrogen-bond acceptors (Lipinski definition) is 3. The Morgan fingerprint density at radius 3 is 2.59 bits per heavy atom. The van der Waals surface area contributed by atoms with Gasteiger partial charge in [-0.25, -0.2) is 8.42 Å². The number of halogens is 3. The molecule has 3 nitrogen and oxygen atoms in total. The largest absolute Gasteiger partial charge is 0.416 e. The summed E-state index contributed by atoms with van der Waals surface area (Å²) >= 11 is 0. The zero-order valence-electron chi connectivity index (χ0n) is 8.88. The van der Waals surface area contributed by atoms with Crippen LogP contribution < -0.4 is 5.32 Å². The zero-order chi connectivity index (χ0) is 12.8. The van der Waals surface area contributed by atoms with Gasteiger partial charge in [0.05, 0.1) is 21.9 Å². The molecule has 0 saturated heterocycles. The predicted molar refractivity (Wildman–Crippen MR) is 56.6 cm³/mol. The minimum Gasteiger partial charge on any atom is -0.380 e. The van der Waals surface area contributed by atoms with E-state index in [2.05, 4.69) is 5.32 Å². The minimum absolute atomic E-state index is 0.0265. The lowest BCUT2D eigenvalue weighted by Gasteiger charge is -2.24. The highest BCUT2D eigenvalue weighted by Gasteiger charge is 2.34. The van der Waals surface area contributed by atoms with Gasteiger partial charge in [0.2, 0.25) is 0 Å². The Morgan fingerprint density at radius 1 is 1.35 bits per heavy atom. The number of benzene rings is 1. The fourth-order valence-corrected chi connectivity index (χ4v) is 3.47. The van der Waals surface area contributed by atoms with Crippen molar-refractivity contribution in [1.82, 2.24) is 0 Å². The summed E-state index contributed by atoms with van der Waals surface area (Å²) in [6.45, 7) is 1.61.